The van der Waals surface area contributed by atoms with E-state index in [9.17, 15) is 23.4 Å². The Balaban J connectivity index is 1.76. The van der Waals surface area contributed by atoms with Crippen molar-refractivity contribution in [2.45, 2.75) is 44.6 Å². The second-order valence-corrected chi connectivity index (χ2v) is 7.25. The second kappa shape index (κ2) is 8.55. The Morgan fingerprint density at radius 2 is 1.93 bits per heavy atom. The first-order valence-electron chi connectivity index (χ1n) is 9.25. The van der Waals surface area contributed by atoms with Gasteiger partial charge in [0.15, 0.2) is 0 Å². The van der Waals surface area contributed by atoms with Gasteiger partial charge in [-0.1, -0.05) is 18.2 Å². The number of hydrogen-bond acceptors (Lipinski definition) is 5. The molecule has 0 spiro atoms. The summed E-state index contributed by atoms with van der Waals surface area (Å²) in [5, 5.41) is 23.2. The number of aromatic nitrogens is 2. The summed E-state index contributed by atoms with van der Waals surface area (Å²) in [7, 11) is 0. The van der Waals surface area contributed by atoms with Crippen LogP contribution >= 0.6 is 0 Å². The lowest BCUT2D eigenvalue weighted by atomic mass is 9.88. The monoisotopic (exact) mass is 395 g/mol. The predicted octanol–water partition coefficient (Wildman–Crippen LogP) is 2.49. The van der Waals surface area contributed by atoms with Gasteiger partial charge in [-0.3, -0.25) is 0 Å². The standard InChI is InChI=1S/C20H24F3N3O2/c1-12-24-7-6-14(26-12)8-15-16(11-27)19(28)9-18(15)25-10-13-4-2-3-5-17(13)20(21,22)23/h2-7,15-16,18-19,25,27-28H,8-11H2,1H3/t15-,16-,18-,19-/m1/s1. The number of hydrogen-bond donors (Lipinski definition) is 3. The summed E-state index contributed by atoms with van der Waals surface area (Å²) < 4.78 is 39.6. The van der Waals surface area contributed by atoms with Gasteiger partial charge in [-0.15, -0.1) is 0 Å². The Morgan fingerprint density at radius 1 is 1.18 bits per heavy atom. The molecule has 5 nitrogen and oxygen atoms in total. The fourth-order valence-electron chi connectivity index (χ4n) is 4.03. The van der Waals surface area contributed by atoms with Gasteiger partial charge in [0.2, 0.25) is 0 Å². The van der Waals surface area contributed by atoms with Gasteiger partial charge in [0, 0.05) is 37.0 Å². The van der Waals surface area contributed by atoms with Gasteiger partial charge in [-0.05, 0) is 43.4 Å². The van der Waals surface area contributed by atoms with Crippen molar-refractivity contribution < 1.29 is 23.4 Å². The van der Waals surface area contributed by atoms with E-state index in [-0.39, 0.29) is 36.6 Å². The van der Waals surface area contributed by atoms with E-state index in [4.69, 9.17) is 0 Å². The van der Waals surface area contributed by atoms with E-state index >= 15 is 0 Å². The molecule has 28 heavy (non-hydrogen) atoms. The van der Waals surface area contributed by atoms with Gasteiger partial charge in [0.1, 0.15) is 5.82 Å². The number of rotatable bonds is 6. The SMILES string of the molecule is Cc1nccc(C[C@@H]2[C@@H](CO)[C@H](O)C[C@H]2NCc2ccccc2C(F)(F)F)n1. The second-order valence-electron chi connectivity index (χ2n) is 7.25. The van der Waals surface area contributed by atoms with Crippen molar-refractivity contribution in [3.05, 3.63) is 59.2 Å². The van der Waals surface area contributed by atoms with Crippen LogP contribution in [-0.4, -0.2) is 38.9 Å². The molecule has 2 aromatic rings. The third kappa shape index (κ3) is 4.68. The molecule has 152 valence electrons. The first-order valence-corrected chi connectivity index (χ1v) is 9.25. The molecule has 1 saturated carbocycles. The molecule has 1 aromatic carbocycles. The molecule has 8 heteroatoms. The fourth-order valence-corrected chi connectivity index (χ4v) is 4.03. The zero-order valence-electron chi connectivity index (χ0n) is 15.5. The summed E-state index contributed by atoms with van der Waals surface area (Å²) in [6.45, 7) is 1.62. The van der Waals surface area contributed by atoms with Gasteiger partial charge >= 0.3 is 6.18 Å². The maximum atomic E-state index is 13.2. The number of benzene rings is 1. The lowest BCUT2D eigenvalue weighted by molar-refractivity contribution is -0.138. The molecule has 1 fully saturated rings. The molecule has 3 N–H and O–H groups in total. The first kappa shape index (κ1) is 20.7. The quantitative estimate of drug-likeness (QED) is 0.701. The maximum absolute atomic E-state index is 13.2. The summed E-state index contributed by atoms with van der Waals surface area (Å²) in [4.78, 5) is 8.44. The maximum Gasteiger partial charge on any atom is 0.416 e. The van der Waals surface area contributed by atoms with Crippen molar-refractivity contribution in [2.75, 3.05) is 6.61 Å². The van der Waals surface area contributed by atoms with E-state index in [1.165, 1.54) is 12.1 Å². The molecule has 0 unspecified atom stereocenters. The van der Waals surface area contributed by atoms with E-state index in [1.807, 2.05) is 0 Å². The molecule has 1 aromatic heterocycles. The van der Waals surface area contributed by atoms with Crippen molar-refractivity contribution in [1.82, 2.24) is 15.3 Å². The average Bonchev–Trinajstić information content (AvgIpc) is 2.94. The third-order valence-electron chi connectivity index (χ3n) is 5.42. The van der Waals surface area contributed by atoms with Gasteiger partial charge in [-0.2, -0.15) is 13.2 Å². The minimum Gasteiger partial charge on any atom is -0.396 e. The molecular weight excluding hydrogens is 371 g/mol. The summed E-state index contributed by atoms with van der Waals surface area (Å²) in [6.07, 6.45) is -2.61. The zero-order chi connectivity index (χ0) is 20.3. The number of nitrogens with zero attached hydrogens (tertiary/aromatic N) is 2. The highest BCUT2D eigenvalue weighted by molar-refractivity contribution is 5.29. The van der Waals surface area contributed by atoms with E-state index in [1.54, 1.807) is 25.3 Å². The molecule has 0 aliphatic heterocycles. The summed E-state index contributed by atoms with van der Waals surface area (Å²) >= 11 is 0. The molecule has 0 radical (unpaired) electrons. The van der Waals surface area contributed by atoms with Crippen LogP contribution in [0.4, 0.5) is 13.2 Å². The van der Waals surface area contributed by atoms with Crippen LogP contribution in [-0.2, 0) is 19.1 Å². The highest BCUT2D eigenvalue weighted by Gasteiger charge is 2.42. The van der Waals surface area contributed by atoms with Crippen molar-refractivity contribution in [3.8, 4) is 0 Å². The van der Waals surface area contributed by atoms with Crippen LogP contribution in [0.1, 0.15) is 29.1 Å². The Labute approximate surface area is 161 Å². The molecule has 1 heterocycles. The number of aliphatic hydroxyl groups is 2. The van der Waals surface area contributed by atoms with Crippen LogP contribution in [0.3, 0.4) is 0 Å². The number of halogens is 3. The van der Waals surface area contributed by atoms with Crippen molar-refractivity contribution in [1.29, 1.82) is 0 Å². The number of alkyl halides is 3. The van der Waals surface area contributed by atoms with E-state index in [0.29, 0.717) is 18.7 Å². The Kier molecular flexibility index (Phi) is 6.32. The summed E-state index contributed by atoms with van der Waals surface area (Å²) in [5.74, 6) is 0.123. The first-order chi connectivity index (χ1) is 13.3. The number of aryl methyl sites for hydroxylation is 1. The number of nitrogens with one attached hydrogen (secondary N) is 1. The van der Waals surface area contributed by atoms with Crippen molar-refractivity contribution >= 4 is 0 Å². The van der Waals surface area contributed by atoms with E-state index in [2.05, 4.69) is 15.3 Å². The minimum atomic E-state index is -4.42. The van der Waals surface area contributed by atoms with Crippen LogP contribution in [0.5, 0.6) is 0 Å². The predicted molar refractivity (Wildman–Crippen MR) is 97.2 cm³/mol. The van der Waals surface area contributed by atoms with Gasteiger partial charge in [0.25, 0.3) is 0 Å². The minimum absolute atomic E-state index is 0.0323. The molecule has 3 rings (SSSR count). The van der Waals surface area contributed by atoms with Crippen molar-refractivity contribution in [2.24, 2.45) is 11.8 Å². The highest BCUT2D eigenvalue weighted by atomic mass is 19.4. The van der Waals surface area contributed by atoms with Gasteiger partial charge < -0.3 is 15.5 Å². The molecular formula is C20H24F3N3O2. The molecule has 1 aliphatic carbocycles. The van der Waals surface area contributed by atoms with Crippen LogP contribution in [0.15, 0.2) is 36.5 Å². The van der Waals surface area contributed by atoms with Crippen LogP contribution < -0.4 is 5.32 Å². The summed E-state index contributed by atoms with van der Waals surface area (Å²) in [5.41, 5.74) is 0.281. The Morgan fingerprint density at radius 3 is 2.61 bits per heavy atom. The topological polar surface area (TPSA) is 78.3 Å². The molecule has 0 saturated heterocycles. The molecule has 1 aliphatic rings. The van der Waals surface area contributed by atoms with Crippen molar-refractivity contribution in [3.63, 3.8) is 0 Å². The zero-order valence-corrected chi connectivity index (χ0v) is 15.5. The molecule has 0 amide bonds. The van der Waals surface area contributed by atoms with Gasteiger partial charge in [0.05, 0.1) is 11.7 Å². The largest absolute Gasteiger partial charge is 0.416 e. The molecule has 0 bridgehead atoms. The normalized spacial score (nSPS) is 25.2. The fraction of sp³-hybridized carbons (Fsp3) is 0.500. The summed E-state index contributed by atoms with van der Waals surface area (Å²) in [6, 6.07) is 7.01. The van der Waals surface area contributed by atoms with E-state index in [0.717, 1.165) is 11.8 Å². The average molecular weight is 395 g/mol. The number of aliphatic hydroxyl groups excluding tert-OH is 2. The van der Waals surface area contributed by atoms with Crippen LogP contribution in [0.25, 0.3) is 0 Å². The third-order valence-corrected chi connectivity index (χ3v) is 5.42. The van der Waals surface area contributed by atoms with E-state index < -0.39 is 17.8 Å². The lowest BCUT2D eigenvalue weighted by Crippen LogP contribution is -2.36. The highest BCUT2D eigenvalue weighted by Crippen LogP contribution is 2.36. The van der Waals surface area contributed by atoms with Crippen LogP contribution in [0.2, 0.25) is 0 Å². The molecule has 4 atom stereocenters. The van der Waals surface area contributed by atoms with Crippen LogP contribution in [0, 0.1) is 18.8 Å². The smallest absolute Gasteiger partial charge is 0.396 e. The van der Waals surface area contributed by atoms with Gasteiger partial charge in [-0.25, -0.2) is 9.97 Å². The Hall–Kier alpha value is -2.03. The lowest BCUT2D eigenvalue weighted by Gasteiger charge is -2.25. The Bertz CT molecular complexity index is 800.